The molecule has 0 aliphatic heterocycles. The molecule has 2 atom stereocenters. The van der Waals surface area contributed by atoms with Crippen LogP contribution in [0.15, 0.2) is 12.7 Å². The van der Waals surface area contributed by atoms with E-state index < -0.39 is 6.10 Å². The molecule has 0 saturated carbocycles. The summed E-state index contributed by atoms with van der Waals surface area (Å²) in [6.45, 7) is 5.82. The van der Waals surface area contributed by atoms with Crippen LogP contribution in [0.1, 0.15) is 71.1 Å². The molecule has 108 valence electrons. The van der Waals surface area contributed by atoms with Gasteiger partial charge in [-0.25, -0.2) is 0 Å². The maximum Gasteiger partial charge on any atom is 0.0801 e. The normalized spacial score (nSPS) is 14.4. The molecule has 0 fully saturated rings. The van der Waals surface area contributed by atoms with Gasteiger partial charge in [-0.15, -0.1) is 6.58 Å². The maximum absolute atomic E-state index is 9.65. The lowest BCUT2D eigenvalue weighted by Crippen LogP contribution is -2.23. The highest BCUT2D eigenvalue weighted by Gasteiger charge is 2.16. The molecular formula is C16H32O2. The molecule has 0 aromatic heterocycles. The predicted molar refractivity (Wildman–Crippen MR) is 78.6 cm³/mol. The Hall–Kier alpha value is -0.340. The fourth-order valence-electron chi connectivity index (χ4n) is 2.37. The minimum atomic E-state index is -0.576. The van der Waals surface area contributed by atoms with Gasteiger partial charge in [0.05, 0.1) is 12.7 Å². The molecule has 0 bridgehead atoms. The van der Waals surface area contributed by atoms with Crippen molar-refractivity contribution >= 4 is 0 Å². The topological polar surface area (TPSA) is 40.5 Å². The maximum atomic E-state index is 9.65. The van der Waals surface area contributed by atoms with Crippen molar-refractivity contribution in [3.8, 4) is 0 Å². The van der Waals surface area contributed by atoms with Crippen LogP contribution >= 0.6 is 0 Å². The van der Waals surface area contributed by atoms with Crippen molar-refractivity contribution in [2.75, 3.05) is 6.61 Å². The fraction of sp³-hybridized carbons (Fsp3) is 0.875. The smallest absolute Gasteiger partial charge is 0.0801 e. The van der Waals surface area contributed by atoms with Gasteiger partial charge >= 0.3 is 0 Å². The zero-order valence-corrected chi connectivity index (χ0v) is 12.1. The first-order chi connectivity index (χ1) is 8.76. The van der Waals surface area contributed by atoms with Crippen molar-refractivity contribution in [1.29, 1.82) is 0 Å². The second-order valence-electron chi connectivity index (χ2n) is 5.30. The second kappa shape index (κ2) is 13.1. The number of aliphatic hydroxyl groups is 2. The Morgan fingerprint density at radius 2 is 1.56 bits per heavy atom. The Bertz CT molecular complexity index is 180. The van der Waals surface area contributed by atoms with Gasteiger partial charge in [0, 0.05) is 0 Å². The Kier molecular flexibility index (Phi) is 12.9. The van der Waals surface area contributed by atoms with Gasteiger partial charge in [-0.2, -0.15) is 0 Å². The summed E-state index contributed by atoms with van der Waals surface area (Å²) in [4.78, 5) is 0. The third-order valence-electron chi connectivity index (χ3n) is 3.63. The van der Waals surface area contributed by atoms with Gasteiger partial charge in [0.15, 0.2) is 0 Å². The Morgan fingerprint density at radius 3 is 2.06 bits per heavy atom. The average Bonchev–Trinajstić information content (AvgIpc) is 2.39. The molecule has 0 saturated heterocycles. The molecule has 0 aliphatic carbocycles. The molecule has 0 aromatic carbocycles. The van der Waals surface area contributed by atoms with Crippen LogP contribution in [0.5, 0.6) is 0 Å². The molecular weight excluding hydrogens is 224 g/mol. The monoisotopic (exact) mass is 256 g/mol. The lowest BCUT2D eigenvalue weighted by atomic mass is 9.92. The van der Waals surface area contributed by atoms with Crippen molar-refractivity contribution in [2.45, 2.75) is 77.2 Å². The van der Waals surface area contributed by atoms with Crippen LogP contribution in [0, 0.1) is 5.92 Å². The first-order valence-corrected chi connectivity index (χ1v) is 7.66. The third-order valence-corrected chi connectivity index (χ3v) is 3.63. The predicted octanol–water partition coefficient (Wildman–Crippen LogP) is 4.06. The molecule has 2 heteroatoms. The summed E-state index contributed by atoms with van der Waals surface area (Å²) in [5.74, 6) is 0.188. The molecule has 0 unspecified atom stereocenters. The largest absolute Gasteiger partial charge is 0.394 e. The van der Waals surface area contributed by atoms with E-state index in [-0.39, 0.29) is 12.5 Å². The van der Waals surface area contributed by atoms with Crippen molar-refractivity contribution in [1.82, 2.24) is 0 Å². The van der Waals surface area contributed by atoms with E-state index in [4.69, 9.17) is 5.11 Å². The van der Waals surface area contributed by atoms with Gasteiger partial charge in [-0.05, 0) is 18.8 Å². The van der Waals surface area contributed by atoms with E-state index in [1.54, 1.807) is 0 Å². The average molecular weight is 256 g/mol. The highest BCUT2D eigenvalue weighted by molar-refractivity contribution is 4.77. The van der Waals surface area contributed by atoms with Crippen LogP contribution in [0.2, 0.25) is 0 Å². The summed E-state index contributed by atoms with van der Waals surface area (Å²) >= 11 is 0. The summed E-state index contributed by atoms with van der Waals surface area (Å²) in [5.41, 5.74) is 0. The zero-order chi connectivity index (χ0) is 13.6. The molecule has 0 radical (unpaired) electrons. The molecule has 0 heterocycles. The molecule has 2 N–H and O–H groups in total. The molecule has 0 aliphatic rings. The second-order valence-corrected chi connectivity index (χ2v) is 5.30. The molecule has 18 heavy (non-hydrogen) atoms. The number of hydrogen-bond acceptors (Lipinski definition) is 2. The summed E-state index contributed by atoms with van der Waals surface area (Å²) < 4.78 is 0. The van der Waals surface area contributed by atoms with Gasteiger partial charge in [-0.1, -0.05) is 64.4 Å². The summed E-state index contributed by atoms with van der Waals surface area (Å²) in [6.07, 6.45) is 13.5. The van der Waals surface area contributed by atoms with E-state index in [1.807, 2.05) is 6.08 Å². The number of unbranched alkanes of at least 4 members (excludes halogenated alkanes) is 7. The van der Waals surface area contributed by atoms with E-state index in [0.717, 1.165) is 19.3 Å². The van der Waals surface area contributed by atoms with Gasteiger partial charge < -0.3 is 10.2 Å². The quantitative estimate of drug-likeness (QED) is 0.385. The molecule has 0 aromatic rings. The van der Waals surface area contributed by atoms with E-state index in [0.29, 0.717) is 0 Å². The zero-order valence-electron chi connectivity index (χ0n) is 12.1. The van der Waals surface area contributed by atoms with Crippen LogP contribution in [-0.2, 0) is 0 Å². The molecule has 2 nitrogen and oxygen atoms in total. The molecule has 0 amide bonds. The van der Waals surface area contributed by atoms with Crippen LogP contribution in [0.4, 0.5) is 0 Å². The first-order valence-electron chi connectivity index (χ1n) is 7.66. The number of rotatable bonds is 13. The SMILES string of the molecule is C=CC[C@H](CCCCCCCCCC)[C@@H](O)CO. The standard InChI is InChI=1S/C16H32O2/c1-3-5-6-7-8-9-10-11-13-15(12-4-2)16(18)14-17/h4,15-18H,2-3,5-14H2,1H3/t15-,16+/m1/s1. The first kappa shape index (κ1) is 17.7. The minimum Gasteiger partial charge on any atom is -0.394 e. The number of aliphatic hydroxyl groups excluding tert-OH is 2. The van der Waals surface area contributed by atoms with Crippen molar-refractivity contribution in [3.05, 3.63) is 12.7 Å². The van der Waals surface area contributed by atoms with Crippen molar-refractivity contribution in [2.24, 2.45) is 5.92 Å². The number of allylic oxidation sites excluding steroid dienone is 1. The Morgan fingerprint density at radius 1 is 1.00 bits per heavy atom. The highest BCUT2D eigenvalue weighted by Crippen LogP contribution is 2.19. The van der Waals surface area contributed by atoms with Crippen LogP contribution < -0.4 is 0 Å². The highest BCUT2D eigenvalue weighted by atomic mass is 16.3. The number of hydrogen-bond donors (Lipinski definition) is 2. The van der Waals surface area contributed by atoms with Crippen LogP contribution in [0.25, 0.3) is 0 Å². The molecule has 0 spiro atoms. The summed E-state index contributed by atoms with van der Waals surface area (Å²) in [5, 5.41) is 18.6. The van der Waals surface area contributed by atoms with Crippen LogP contribution in [-0.4, -0.2) is 22.9 Å². The fourth-order valence-corrected chi connectivity index (χ4v) is 2.37. The van der Waals surface area contributed by atoms with E-state index >= 15 is 0 Å². The summed E-state index contributed by atoms with van der Waals surface area (Å²) in [7, 11) is 0. The van der Waals surface area contributed by atoms with Gasteiger partial charge in [0.25, 0.3) is 0 Å². The lowest BCUT2D eigenvalue weighted by molar-refractivity contribution is 0.0437. The van der Waals surface area contributed by atoms with Crippen LogP contribution in [0.3, 0.4) is 0 Å². The van der Waals surface area contributed by atoms with Crippen molar-refractivity contribution in [3.63, 3.8) is 0 Å². The van der Waals surface area contributed by atoms with E-state index in [2.05, 4.69) is 13.5 Å². The Labute approximate surface area is 113 Å². The van der Waals surface area contributed by atoms with E-state index in [1.165, 1.54) is 44.9 Å². The van der Waals surface area contributed by atoms with Gasteiger partial charge in [-0.3, -0.25) is 0 Å². The summed E-state index contributed by atoms with van der Waals surface area (Å²) in [6, 6.07) is 0. The van der Waals surface area contributed by atoms with E-state index in [9.17, 15) is 5.11 Å². The molecule has 0 rings (SSSR count). The Balaban J connectivity index is 3.46. The third kappa shape index (κ3) is 9.67. The lowest BCUT2D eigenvalue weighted by Gasteiger charge is -2.19. The van der Waals surface area contributed by atoms with Gasteiger partial charge in [0.2, 0.25) is 0 Å². The van der Waals surface area contributed by atoms with Crippen molar-refractivity contribution < 1.29 is 10.2 Å². The van der Waals surface area contributed by atoms with Gasteiger partial charge in [0.1, 0.15) is 0 Å². The minimum absolute atomic E-state index is 0.129.